The molecule has 0 amide bonds. The molecule has 0 aromatic heterocycles. The molecule has 9 heteroatoms. The van der Waals surface area contributed by atoms with E-state index >= 15 is 0 Å². The fourth-order valence-electron chi connectivity index (χ4n) is 0.823. The van der Waals surface area contributed by atoms with Crippen molar-refractivity contribution in [2.75, 3.05) is 24.8 Å². The SMILES string of the molecule is O=C=NP(=O)(N=C=O)N(CCCl)CCCl. The van der Waals surface area contributed by atoms with Gasteiger partial charge in [0.2, 0.25) is 12.2 Å². The lowest BCUT2D eigenvalue weighted by molar-refractivity contribution is 0.447. The van der Waals surface area contributed by atoms with Gasteiger partial charge in [-0.1, -0.05) is 0 Å². The molecule has 0 aromatic carbocycles. The smallest absolute Gasteiger partial charge is 0.251 e. The van der Waals surface area contributed by atoms with E-state index in [1.54, 1.807) is 0 Å². The lowest BCUT2D eigenvalue weighted by atomic mass is 10.6. The second-order valence-corrected chi connectivity index (χ2v) is 4.98. The van der Waals surface area contributed by atoms with E-state index in [9.17, 15) is 14.2 Å². The van der Waals surface area contributed by atoms with Crippen molar-refractivity contribution in [3.05, 3.63) is 0 Å². The quantitative estimate of drug-likeness (QED) is 0.305. The summed E-state index contributed by atoms with van der Waals surface area (Å²) in [6, 6.07) is 0. The van der Waals surface area contributed by atoms with Crippen LogP contribution in [0.15, 0.2) is 9.53 Å². The van der Waals surface area contributed by atoms with Gasteiger partial charge >= 0.3 is 7.59 Å². The second kappa shape index (κ2) is 7.77. The minimum absolute atomic E-state index is 0.141. The number of alkyl halides is 2. The minimum Gasteiger partial charge on any atom is -0.251 e. The summed E-state index contributed by atoms with van der Waals surface area (Å²) >= 11 is 10.9. The first-order valence-corrected chi connectivity index (χ1v) is 6.44. The molecule has 6 nitrogen and oxygen atoms in total. The third-order valence-corrected chi connectivity index (χ3v) is 3.56. The van der Waals surface area contributed by atoms with E-state index in [0.717, 1.165) is 16.8 Å². The molecule has 0 aliphatic rings. The molecule has 0 bridgehead atoms. The molecule has 0 spiro atoms. The Labute approximate surface area is 96.5 Å². The van der Waals surface area contributed by atoms with E-state index in [0.29, 0.717) is 0 Å². The van der Waals surface area contributed by atoms with Crippen LogP contribution >= 0.6 is 30.8 Å². The average Bonchev–Trinajstić information content (AvgIpc) is 2.18. The lowest BCUT2D eigenvalue weighted by Gasteiger charge is -2.20. The monoisotopic (exact) mass is 271 g/mol. The van der Waals surface area contributed by atoms with Gasteiger partial charge in [-0.25, -0.2) is 14.3 Å². The van der Waals surface area contributed by atoms with Gasteiger partial charge in [0.1, 0.15) is 0 Å². The van der Waals surface area contributed by atoms with Crippen molar-refractivity contribution in [2.45, 2.75) is 0 Å². The fourth-order valence-corrected chi connectivity index (χ4v) is 2.70. The highest BCUT2D eigenvalue weighted by Gasteiger charge is 2.29. The van der Waals surface area contributed by atoms with Gasteiger partial charge in [0.25, 0.3) is 0 Å². The van der Waals surface area contributed by atoms with Gasteiger partial charge in [-0.2, -0.15) is 0 Å². The van der Waals surface area contributed by atoms with Gasteiger partial charge in [-0.15, -0.1) is 32.7 Å². The van der Waals surface area contributed by atoms with E-state index < -0.39 is 7.59 Å². The highest BCUT2D eigenvalue weighted by atomic mass is 35.5. The molecule has 0 fully saturated rings. The predicted octanol–water partition coefficient (Wildman–Crippen LogP) is 1.55. The van der Waals surface area contributed by atoms with Crippen LogP contribution in [0.1, 0.15) is 0 Å². The summed E-state index contributed by atoms with van der Waals surface area (Å²) in [6.45, 7) is 0.282. The van der Waals surface area contributed by atoms with Crippen LogP contribution in [0.2, 0.25) is 0 Å². The third kappa shape index (κ3) is 4.72. The van der Waals surface area contributed by atoms with E-state index in [1.165, 1.54) is 0 Å². The second-order valence-electron chi connectivity index (χ2n) is 2.23. The summed E-state index contributed by atoms with van der Waals surface area (Å²) in [4.78, 5) is 20.1. The fraction of sp³-hybridized carbons (Fsp3) is 0.667. The van der Waals surface area contributed by atoms with Crippen molar-refractivity contribution in [3.63, 3.8) is 0 Å². The van der Waals surface area contributed by atoms with Crippen LogP contribution in [0.4, 0.5) is 0 Å². The molecule has 0 aliphatic carbocycles. The molecule has 0 saturated carbocycles. The molecule has 0 N–H and O–H groups in total. The van der Waals surface area contributed by atoms with Crippen LogP contribution in [-0.2, 0) is 14.2 Å². The van der Waals surface area contributed by atoms with Crippen molar-refractivity contribution >= 4 is 43.0 Å². The van der Waals surface area contributed by atoms with Crippen molar-refractivity contribution in [2.24, 2.45) is 9.53 Å². The largest absolute Gasteiger partial charge is 0.393 e. The van der Waals surface area contributed by atoms with Gasteiger partial charge in [-0.05, 0) is 0 Å². The molecule has 0 saturated heterocycles. The van der Waals surface area contributed by atoms with E-state index in [4.69, 9.17) is 23.2 Å². The van der Waals surface area contributed by atoms with Crippen LogP contribution in [0.5, 0.6) is 0 Å². The summed E-state index contributed by atoms with van der Waals surface area (Å²) in [5.41, 5.74) is 0. The molecule has 0 aliphatic heterocycles. The Morgan fingerprint density at radius 1 is 1.07 bits per heavy atom. The van der Waals surface area contributed by atoms with Gasteiger partial charge in [0.05, 0.1) is 0 Å². The lowest BCUT2D eigenvalue weighted by Crippen LogP contribution is -2.23. The van der Waals surface area contributed by atoms with Crippen LogP contribution in [-0.4, -0.2) is 41.7 Å². The zero-order chi connectivity index (χ0) is 11.7. The van der Waals surface area contributed by atoms with Gasteiger partial charge in [0, 0.05) is 24.8 Å². The number of isocyanates is 2. The first kappa shape index (κ1) is 14.5. The molecule has 0 atom stereocenters. The molecule has 0 heterocycles. The van der Waals surface area contributed by atoms with Crippen molar-refractivity contribution in [1.82, 2.24) is 4.67 Å². The van der Waals surface area contributed by atoms with E-state index in [-0.39, 0.29) is 24.8 Å². The van der Waals surface area contributed by atoms with Gasteiger partial charge in [0.15, 0.2) is 0 Å². The Hall–Kier alpha value is -0.470. The number of hydrogen-bond acceptors (Lipinski definition) is 3. The number of rotatable bonds is 7. The number of nitrogens with zero attached hydrogens (tertiary/aromatic N) is 3. The van der Waals surface area contributed by atoms with Crippen LogP contribution in [0, 0.1) is 0 Å². The zero-order valence-corrected chi connectivity index (χ0v) is 10.0. The minimum atomic E-state index is -3.80. The summed E-state index contributed by atoms with van der Waals surface area (Å²) < 4.78 is 19.0. The molecular weight excluding hydrogens is 264 g/mol. The Morgan fingerprint density at radius 3 is 1.73 bits per heavy atom. The van der Waals surface area contributed by atoms with E-state index in [1.807, 2.05) is 0 Å². The maximum Gasteiger partial charge on any atom is 0.393 e. The van der Waals surface area contributed by atoms with Crippen molar-refractivity contribution in [1.29, 1.82) is 0 Å². The zero-order valence-electron chi connectivity index (χ0n) is 7.60. The number of halogens is 2. The third-order valence-electron chi connectivity index (χ3n) is 1.40. The Morgan fingerprint density at radius 2 is 1.47 bits per heavy atom. The maximum absolute atomic E-state index is 11.8. The Kier molecular flexibility index (Phi) is 7.53. The topological polar surface area (TPSA) is 79.2 Å². The number of hydrogen-bond donors (Lipinski definition) is 0. The average molecular weight is 272 g/mol. The maximum atomic E-state index is 11.8. The molecule has 0 aromatic rings. The predicted molar refractivity (Wildman–Crippen MR) is 56.9 cm³/mol. The summed E-state index contributed by atoms with van der Waals surface area (Å²) in [5.74, 6) is 0.285. The standard InChI is InChI=1S/C6H8Cl2N3O3P/c7-1-3-11(4-2-8)15(14,9-5-12)10-6-13/h1-4H2. The Balaban J connectivity index is 5.06. The summed E-state index contributed by atoms with van der Waals surface area (Å²) in [7, 11) is -3.80. The first-order chi connectivity index (χ1) is 7.14. The molecular formula is C6H8Cl2N3O3P. The van der Waals surface area contributed by atoms with E-state index in [2.05, 4.69) is 9.53 Å². The normalized spacial score (nSPS) is 13.8. The molecule has 0 radical (unpaired) electrons. The molecule has 84 valence electrons. The van der Waals surface area contributed by atoms with Crippen LogP contribution < -0.4 is 0 Å². The summed E-state index contributed by atoms with van der Waals surface area (Å²) in [6.07, 6.45) is 2.20. The van der Waals surface area contributed by atoms with Gasteiger partial charge < -0.3 is 0 Å². The van der Waals surface area contributed by atoms with Crippen molar-refractivity contribution in [3.8, 4) is 0 Å². The molecule has 15 heavy (non-hydrogen) atoms. The summed E-state index contributed by atoms with van der Waals surface area (Å²) in [5, 5.41) is 0. The highest BCUT2D eigenvalue weighted by molar-refractivity contribution is 7.59. The van der Waals surface area contributed by atoms with Gasteiger partial charge in [-0.3, -0.25) is 4.57 Å². The van der Waals surface area contributed by atoms with Crippen LogP contribution in [0.3, 0.4) is 0 Å². The highest BCUT2D eigenvalue weighted by Crippen LogP contribution is 2.51. The number of carbonyl (C=O) groups excluding carboxylic acids is 2. The molecule has 0 unspecified atom stereocenters. The van der Waals surface area contributed by atoms with Crippen LogP contribution in [0.25, 0.3) is 0 Å². The van der Waals surface area contributed by atoms with Crippen molar-refractivity contribution < 1.29 is 14.2 Å². The first-order valence-electron chi connectivity index (χ1n) is 3.81. The Bertz CT molecular complexity index is 311. The molecule has 0 rings (SSSR count).